The van der Waals surface area contributed by atoms with Crippen LogP contribution in [0.25, 0.3) is 0 Å². The normalized spacial score (nSPS) is 14.1. The Morgan fingerprint density at radius 3 is 2.43 bits per heavy atom. The van der Waals surface area contributed by atoms with Crippen LogP contribution in [0.2, 0.25) is 0 Å². The van der Waals surface area contributed by atoms with Gasteiger partial charge in [0.2, 0.25) is 0 Å². The van der Waals surface area contributed by atoms with Crippen molar-refractivity contribution in [3.8, 4) is 0 Å². The van der Waals surface area contributed by atoms with E-state index in [0.717, 1.165) is 6.42 Å². The zero-order valence-electron chi connectivity index (χ0n) is 9.92. The molecule has 0 saturated carbocycles. The third-order valence-electron chi connectivity index (χ3n) is 2.43. The standard InChI is InChI=1S/C11H22O3/c1-6-10(12)9(2)14-8-7-11(3,4)13-5/h9H,6-8H2,1-5H3. The number of ketones is 1. The smallest absolute Gasteiger partial charge is 0.160 e. The Labute approximate surface area is 86.8 Å². The number of methoxy groups -OCH3 is 1. The van der Waals surface area contributed by atoms with Crippen molar-refractivity contribution in [3.05, 3.63) is 0 Å². The predicted molar refractivity (Wildman–Crippen MR) is 56.4 cm³/mol. The second-order valence-corrected chi connectivity index (χ2v) is 4.05. The summed E-state index contributed by atoms with van der Waals surface area (Å²) in [6, 6.07) is 0. The quantitative estimate of drug-likeness (QED) is 0.635. The Morgan fingerprint density at radius 2 is 2.00 bits per heavy atom. The minimum atomic E-state index is -0.285. The van der Waals surface area contributed by atoms with E-state index >= 15 is 0 Å². The van der Waals surface area contributed by atoms with Crippen molar-refractivity contribution < 1.29 is 14.3 Å². The minimum Gasteiger partial charge on any atom is -0.379 e. The van der Waals surface area contributed by atoms with E-state index in [0.29, 0.717) is 13.0 Å². The average Bonchev–Trinajstić information content (AvgIpc) is 2.16. The molecule has 0 bridgehead atoms. The predicted octanol–water partition coefficient (Wildman–Crippen LogP) is 2.19. The van der Waals surface area contributed by atoms with E-state index in [-0.39, 0.29) is 17.5 Å². The van der Waals surface area contributed by atoms with E-state index < -0.39 is 0 Å². The first-order valence-electron chi connectivity index (χ1n) is 5.12. The first kappa shape index (κ1) is 13.6. The van der Waals surface area contributed by atoms with Crippen LogP contribution in [0.5, 0.6) is 0 Å². The van der Waals surface area contributed by atoms with Gasteiger partial charge in [-0.05, 0) is 27.2 Å². The Morgan fingerprint density at radius 1 is 1.43 bits per heavy atom. The summed E-state index contributed by atoms with van der Waals surface area (Å²) in [5, 5.41) is 0. The van der Waals surface area contributed by atoms with E-state index in [1.54, 1.807) is 14.0 Å². The molecule has 0 aliphatic carbocycles. The van der Waals surface area contributed by atoms with Crippen molar-refractivity contribution in [1.82, 2.24) is 0 Å². The van der Waals surface area contributed by atoms with E-state index in [1.807, 2.05) is 20.8 Å². The molecule has 3 heteroatoms. The topological polar surface area (TPSA) is 35.5 Å². The molecular weight excluding hydrogens is 180 g/mol. The van der Waals surface area contributed by atoms with Crippen molar-refractivity contribution in [2.75, 3.05) is 13.7 Å². The van der Waals surface area contributed by atoms with Gasteiger partial charge in [-0.25, -0.2) is 0 Å². The highest BCUT2D eigenvalue weighted by Gasteiger charge is 2.17. The Hall–Kier alpha value is -0.410. The van der Waals surface area contributed by atoms with Gasteiger partial charge in [-0.15, -0.1) is 0 Å². The lowest BCUT2D eigenvalue weighted by Crippen LogP contribution is -2.27. The Balaban J connectivity index is 3.69. The fourth-order valence-electron chi connectivity index (χ4n) is 0.964. The molecule has 0 radical (unpaired) electrons. The lowest BCUT2D eigenvalue weighted by molar-refractivity contribution is -0.130. The van der Waals surface area contributed by atoms with Gasteiger partial charge in [0.15, 0.2) is 5.78 Å². The highest BCUT2D eigenvalue weighted by Crippen LogP contribution is 2.13. The van der Waals surface area contributed by atoms with Gasteiger partial charge in [-0.3, -0.25) is 4.79 Å². The molecule has 14 heavy (non-hydrogen) atoms. The van der Waals surface area contributed by atoms with Gasteiger partial charge in [-0.1, -0.05) is 6.92 Å². The number of carbonyl (C=O) groups is 1. The summed E-state index contributed by atoms with van der Waals surface area (Å²) in [6.07, 6.45) is 1.05. The van der Waals surface area contributed by atoms with Gasteiger partial charge in [0.05, 0.1) is 12.2 Å². The fourth-order valence-corrected chi connectivity index (χ4v) is 0.964. The number of hydrogen-bond acceptors (Lipinski definition) is 3. The van der Waals surface area contributed by atoms with Gasteiger partial charge in [0.1, 0.15) is 6.10 Å². The van der Waals surface area contributed by atoms with Crippen LogP contribution in [0.3, 0.4) is 0 Å². The van der Waals surface area contributed by atoms with Gasteiger partial charge < -0.3 is 9.47 Å². The molecular formula is C11H22O3. The van der Waals surface area contributed by atoms with Crippen LogP contribution >= 0.6 is 0 Å². The summed E-state index contributed by atoms with van der Waals surface area (Å²) in [7, 11) is 1.68. The SMILES string of the molecule is CCC(=O)C(C)OCCC(C)(C)OC. The average molecular weight is 202 g/mol. The van der Waals surface area contributed by atoms with Crippen molar-refractivity contribution >= 4 is 5.78 Å². The molecule has 0 aromatic carbocycles. The molecule has 0 aliphatic heterocycles. The summed E-state index contributed by atoms with van der Waals surface area (Å²) >= 11 is 0. The molecule has 0 rings (SSSR count). The summed E-state index contributed by atoms with van der Waals surface area (Å²) in [5.41, 5.74) is -0.172. The number of ether oxygens (including phenoxy) is 2. The van der Waals surface area contributed by atoms with Gasteiger partial charge in [0, 0.05) is 13.5 Å². The van der Waals surface area contributed by atoms with Crippen molar-refractivity contribution in [1.29, 1.82) is 0 Å². The van der Waals surface area contributed by atoms with Crippen molar-refractivity contribution in [2.45, 2.75) is 52.2 Å². The first-order valence-corrected chi connectivity index (χ1v) is 5.12. The van der Waals surface area contributed by atoms with Crippen LogP contribution in [0.1, 0.15) is 40.5 Å². The highest BCUT2D eigenvalue weighted by molar-refractivity contribution is 5.82. The van der Waals surface area contributed by atoms with E-state index in [1.165, 1.54) is 0 Å². The van der Waals surface area contributed by atoms with Crippen LogP contribution in [0.4, 0.5) is 0 Å². The molecule has 0 amide bonds. The zero-order valence-corrected chi connectivity index (χ0v) is 9.92. The van der Waals surface area contributed by atoms with Crippen LogP contribution in [0, 0.1) is 0 Å². The zero-order chi connectivity index (χ0) is 11.2. The molecule has 1 unspecified atom stereocenters. The molecule has 0 aromatic heterocycles. The maximum atomic E-state index is 11.2. The van der Waals surface area contributed by atoms with Crippen LogP contribution in [0.15, 0.2) is 0 Å². The molecule has 0 heterocycles. The van der Waals surface area contributed by atoms with Crippen molar-refractivity contribution in [2.24, 2.45) is 0 Å². The minimum absolute atomic E-state index is 0.153. The molecule has 84 valence electrons. The maximum Gasteiger partial charge on any atom is 0.160 e. The summed E-state index contributed by atoms with van der Waals surface area (Å²) < 4.78 is 10.6. The summed E-state index contributed by atoms with van der Waals surface area (Å²) in [4.78, 5) is 11.2. The molecule has 0 spiro atoms. The van der Waals surface area contributed by atoms with Crippen LogP contribution in [-0.4, -0.2) is 31.2 Å². The van der Waals surface area contributed by atoms with Gasteiger partial charge >= 0.3 is 0 Å². The molecule has 0 N–H and O–H groups in total. The Bertz CT molecular complexity index is 175. The molecule has 0 aliphatic rings. The van der Waals surface area contributed by atoms with E-state index in [4.69, 9.17) is 9.47 Å². The number of hydrogen-bond donors (Lipinski definition) is 0. The number of Topliss-reactive ketones (excluding diaryl/α,β-unsaturated/α-hetero) is 1. The summed E-state index contributed by atoms with van der Waals surface area (Å²) in [6.45, 7) is 8.21. The molecule has 0 fully saturated rings. The molecule has 0 aromatic rings. The van der Waals surface area contributed by atoms with E-state index in [9.17, 15) is 4.79 Å². The maximum absolute atomic E-state index is 11.2. The summed E-state index contributed by atoms with van der Waals surface area (Å²) in [5.74, 6) is 0.153. The second-order valence-electron chi connectivity index (χ2n) is 4.05. The first-order chi connectivity index (χ1) is 6.43. The Kier molecular flexibility index (Phi) is 5.96. The van der Waals surface area contributed by atoms with Gasteiger partial charge in [-0.2, -0.15) is 0 Å². The largest absolute Gasteiger partial charge is 0.379 e. The van der Waals surface area contributed by atoms with Crippen LogP contribution < -0.4 is 0 Å². The van der Waals surface area contributed by atoms with Gasteiger partial charge in [0.25, 0.3) is 0 Å². The fraction of sp³-hybridized carbons (Fsp3) is 0.909. The molecule has 1 atom stereocenters. The second kappa shape index (κ2) is 6.14. The number of carbonyl (C=O) groups excluding carboxylic acids is 1. The molecule has 0 saturated heterocycles. The van der Waals surface area contributed by atoms with Crippen molar-refractivity contribution in [3.63, 3.8) is 0 Å². The third-order valence-corrected chi connectivity index (χ3v) is 2.43. The lowest BCUT2D eigenvalue weighted by atomic mass is 10.1. The number of rotatable bonds is 7. The molecule has 3 nitrogen and oxygen atoms in total. The highest BCUT2D eigenvalue weighted by atomic mass is 16.5. The van der Waals surface area contributed by atoms with E-state index in [2.05, 4.69) is 0 Å². The monoisotopic (exact) mass is 202 g/mol. The third kappa shape index (κ3) is 5.35. The lowest BCUT2D eigenvalue weighted by Gasteiger charge is -2.23. The van der Waals surface area contributed by atoms with Crippen LogP contribution in [-0.2, 0) is 14.3 Å².